The van der Waals surface area contributed by atoms with Gasteiger partial charge in [-0.25, -0.2) is 18.5 Å². The highest BCUT2D eigenvalue weighted by atomic mass is 35.5. The topological polar surface area (TPSA) is 71.4 Å². The van der Waals surface area contributed by atoms with E-state index < -0.39 is 29.5 Å². The fourth-order valence-electron chi connectivity index (χ4n) is 3.62. The number of benzene rings is 2. The number of anilines is 1. The lowest BCUT2D eigenvalue weighted by molar-refractivity contribution is -0.122. The quantitative estimate of drug-likeness (QED) is 0.460. The molecule has 0 spiro atoms. The van der Waals surface area contributed by atoms with E-state index in [2.05, 4.69) is 5.32 Å². The van der Waals surface area contributed by atoms with Crippen LogP contribution in [0.1, 0.15) is 17.0 Å². The van der Waals surface area contributed by atoms with E-state index in [0.717, 1.165) is 11.8 Å². The summed E-state index contributed by atoms with van der Waals surface area (Å²) in [6.07, 6.45) is 1.36. The van der Waals surface area contributed by atoms with Crippen molar-refractivity contribution in [3.05, 3.63) is 87.7 Å². The summed E-state index contributed by atoms with van der Waals surface area (Å²) in [5, 5.41) is 2.06. The van der Waals surface area contributed by atoms with Crippen molar-refractivity contribution >= 4 is 41.2 Å². The lowest BCUT2D eigenvalue weighted by Gasteiger charge is -2.26. The van der Waals surface area contributed by atoms with Crippen LogP contribution in [0.5, 0.6) is 0 Å². The molecule has 6 nitrogen and oxygen atoms in total. The first kappa shape index (κ1) is 21.5. The lowest BCUT2D eigenvalue weighted by Crippen LogP contribution is -2.54. The molecule has 3 aromatic rings. The zero-order valence-electron chi connectivity index (χ0n) is 16.9. The average molecular weight is 456 g/mol. The second-order valence-electron chi connectivity index (χ2n) is 7.20. The van der Waals surface area contributed by atoms with E-state index in [9.17, 15) is 23.2 Å². The molecule has 4 amide bonds. The Bertz CT molecular complexity index is 1330. The van der Waals surface area contributed by atoms with Crippen molar-refractivity contribution in [1.82, 2.24) is 9.88 Å². The Morgan fingerprint density at radius 2 is 1.72 bits per heavy atom. The van der Waals surface area contributed by atoms with Crippen molar-refractivity contribution in [2.75, 3.05) is 4.90 Å². The van der Waals surface area contributed by atoms with E-state index in [1.807, 2.05) is 0 Å². The second kappa shape index (κ2) is 8.05. The number of aromatic nitrogens is 1. The first-order valence-electron chi connectivity index (χ1n) is 9.49. The van der Waals surface area contributed by atoms with Gasteiger partial charge < -0.3 is 4.57 Å². The van der Waals surface area contributed by atoms with Crippen LogP contribution in [0.15, 0.2) is 54.1 Å². The maximum absolute atomic E-state index is 13.6. The minimum atomic E-state index is -0.964. The number of amides is 4. The summed E-state index contributed by atoms with van der Waals surface area (Å²) in [4.78, 5) is 38.4. The van der Waals surface area contributed by atoms with E-state index in [0.29, 0.717) is 21.8 Å². The molecule has 1 fully saturated rings. The maximum atomic E-state index is 13.6. The van der Waals surface area contributed by atoms with Crippen LogP contribution in [0.4, 0.5) is 19.3 Å². The van der Waals surface area contributed by atoms with Gasteiger partial charge in [-0.1, -0.05) is 17.7 Å². The van der Waals surface area contributed by atoms with Gasteiger partial charge in [0.05, 0.1) is 10.7 Å². The van der Waals surface area contributed by atoms with E-state index in [4.69, 9.17) is 11.6 Å². The van der Waals surface area contributed by atoms with Gasteiger partial charge in [0, 0.05) is 17.1 Å². The number of carbonyl (C=O) groups is 3. The molecule has 1 saturated heterocycles. The Labute approximate surface area is 186 Å². The molecule has 0 radical (unpaired) electrons. The number of rotatable bonds is 3. The van der Waals surface area contributed by atoms with E-state index in [1.165, 1.54) is 36.4 Å². The molecule has 0 atom stereocenters. The van der Waals surface area contributed by atoms with Gasteiger partial charge in [-0.15, -0.1) is 0 Å². The molecule has 0 bridgehead atoms. The summed E-state index contributed by atoms with van der Waals surface area (Å²) in [5.41, 5.74) is 2.26. The summed E-state index contributed by atoms with van der Waals surface area (Å²) in [6, 6.07) is 9.98. The number of aryl methyl sites for hydroxylation is 1. The SMILES string of the molecule is Cc1cc(/C=C2\C(=O)NC(=O)N(c3cccc(F)c3)C2=O)c(C)n1-c1ccc(F)c(Cl)c1. The normalized spacial score (nSPS) is 15.5. The van der Waals surface area contributed by atoms with Crippen LogP contribution in [0.2, 0.25) is 5.02 Å². The van der Waals surface area contributed by atoms with Gasteiger partial charge >= 0.3 is 6.03 Å². The average Bonchev–Trinajstić information content (AvgIpc) is 3.00. The highest BCUT2D eigenvalue weighted by molar-refractivity contribution is 6.39. The van der Waals surface area contributed by atoms with Crippen molar-refractivity contribution in [2.45, 2.75) is 13.8 Å². The summed E-state index contributed by atoms with van der Waals surface area (Å²) >= 11 is 5.91. The van der Waals surface area contributed by atoms with Gasteiger partial charge in [0.2, 0.25) is 0 Å². The molecular weight excluding hydrogens is 440 g/mol. The first-order valence-corrected chi connectivity index (χ1v) is 9.86. The number of carbonyl (C=O) groups excluding carboxylic acids is 3. The van der Waals surface area contributed by atoms with Crippen molar-refractivity contribution < 1.29 is 23.2 Å². The first-order chi connectivity index (χ1) is 15.2. The summed E-state index contributed by atoms with van der Waals surface area (Å²) in [6.45, 7) is 3.56. The summed E-state index contributed by atoms with van der Waals surface area (Å²) < 4.78 is 29.0. The molecule has 2 aromatic carbocycles. The molecule has 0 aliphatic carbocycles. The Balaban J connectivity index is 1.77. The molecule has 1 N–H and O–H groups in total. The van der Waals surface area contributed by atoms with Crippen molar-refractivity contribution in [3.63, 3.8) is 0 Å². The third-order valence-corrected chi connectivity index (χ3v) is 5.39. The Morgan fingerprint density at radius 1 is 0.969 bits per heavy atom. The highest BCUT2D eigenvalue weighted by Gasteiger charge is 2.37. The fraction of sp³-hybridized carbons (Fsp3) is 0.0870. The molecule has 0 unspecified atom stereocenters. The van der Waals surface area contributed by atoms with Crippen LogP contribution in [0, 0.1) is 25.5 Å². The molecule has 162 valence electrons. The predicted molar refractivity (Wildman–Crippen MR) is 116 cm³/mol. The van der Waals surface area contributed by atoms with Crippen LogP contribution in [0.25, 0.3) is 11.8 Å². The smallest absolute Gasteiger partial charge is 0.318 e. The molecular formula is C23H16ClF2N3O3. The molecule has 32 heavy (non-hydrogen) atoms. The third kappa shape index (κ3) is 3.69. The van der Waals surface area contributed by atoms with Gasteiger partial charge in [-0.2, -0.15) is 0 Å². The standard InChI is InChI=1S/C23H16ClF2N3O3/c1-12-8-14(13(2)28(12)17-6-7-20(26)19(24)11-17)9-18-21(30)27-23(32)29(22(18)31)16-5-3-4-15(25)10-16/h3-11H,1-2H3,(H,27,30,32)/b18-9+. The largest absolute Gasteiger partial charge is 0.335 e. The van der Waals surface area contributed by atoms with Crippen molar-refractivity contribution in [3.8, 4) is 5.69 Å². The van der Waals surface area contributed by atoms with Crippen molar-refractivity contribution in [1.29, 1.82) is 0 Å². The van der Waals surface area contributed by atoms with Crippen LogP contribution in [-0.4, -0.2) is 22.4 Å². The predicted octanol–water partition coefficient (Wildman–Crippen LogP) is 4.69. The Morgan fingerprint density at radius 3 is 2.41 bits per heavy atom. The third-order valence-electron chi connectivity index (χ3n) is 5.10. The minimum Gasteiger partial charge on any atom is -0.318 e. The maximum Gasteiger partial charge on any atom is 0.335 e. The van der Waals surface area contributed by atoms with Crippen LogP contribution in [-0.2, 0) is 9.59 Å². The van der Waals surface area contributed by atoms with E-state index in [1.54, 1.807) is 30.5 Å². The zero-order chi connectivity index (χ0) is 23.2. The van der Waals surface area contributed by atoms with E-state index >= 15 is 0 Å². The molecule has 1 aromatic heterocycles. The number of urea groups is 1. The number of nitrogens with one attached hydrogen (secondary N) is 1. The number of hydrogen-bond acceptors (Lipinski definition) is 3. The molecule has 1 aliphatic heterocycles. The fourth-order valence-corrected chi connectivity index (χ4v) is 3.79. The van der Waals surface area contributed by atoms with Gasteiger partial charge in [0.15, 0.2) is 0 Å². The van der Waals surface area contributed by atoms with Crippen LogP contribution < -0.4 is 10.2 Å². The highest BCUT2D eigenvalue weighted by Crippen LogP contribution is 2.27. The minimum absolute atomic E-state index is 0.00248. The number of hydrogen-bond donors (Lipinski definition) is 1. The number of nitrogens with zero attached hydrogens (tertiary/aromatic N) is 2. The molecule has 1 aliphatic rings. The molecule has 9 heteroatoms. The van der Waals surface area contributed by atoms with Crippen molar-refractivity contribution in [2.24, 2.45) is 0 Å². The molecule has 4 rings (SSSR count). The van der Waals surface area contributed by atoms with Gasteiger partial charge in [-0.3, -0.25) is 14.9 Å². The Hall–Kier alpha value is -3.78. The van der Waals surface area contributed by atoms with Crippen LogP contribution in [0.3, 0.4) is 0 Å². The van der Waals surface area contributed by atoms with Gasteiger partial charge in [0.25, 0.3) is 11.8 Å². The number of imide groups is 2. The molecule has 0 saturated carbocycles. The summed E-state index contributed by atoms with van der Waals surface area (Å²) in [7, 11) is 0. The Kier molecular flexibility index (Phi) is 5.40. The zero-order valence-corrected chi connectivity index (χ0v) is 17.7. The summed E-state index contributed by atoms with van der Waals surface area (Å²) in [5.74, 6) is -2.92. The lowest BCUT2D eigenvalue weighted by atomic mass is 10.1. The van der Waals surface area contributed by atoms with E-state index in [-0.39, 0.29) is 16.3 Å². The number of halogens is 3. The van der Waals surface area contributed by atoms with Crippen LogP contribution >= 0.6 is 11.6 Å². The monoisotopic (exact) mass is 455 g/mol. The van der Waals surface area contributed by atoms with Gasteiger partial charge in [-0.05, 0) is 68.0 Å². The molecule has 2 heterocycles. The number of barbiturate groups is 1. The second-order valence-corrected chi connectivity index (χ2v) is 7.61. The van der Waals surface area contributed by atoms with Gasteiger partial charge in [0.1, 0.15) is 17.2 Å².